The number of carbonyl (C=O) groups excluding carboxylic acids is 1. The van der Waals surface area contributed by atoms with E-state index in [-0.39, 0.29) is 11.9 Å². The number of nitrogens with one attached hydrogen (secondary N) is 3. The van der Waals surface area contributed by atoms with Crippen LogP contribution in [0.3, 0.4) is 0 Å². The van der Waals surface area contributed by atoms with E-state index in [9.17, 15) is 4.79 Å². The standard InChI is InChI=1S/C21H24N4O/c1-17(21(26)23-20-9-5-8-19(14-20)15-22)25-12-10-24(11-13-25)16-18-6-3-2-4-7-18/h2-9,14,17H,10-13,16H2,1H3,(H,23,26)/p+2/t17-/m0/s1. The van der Waals surface area contributed by atoms with Crippen LogP contribution in [0.5, 0.6) is 0 Å². The molecule has 0 spiro atoms. The van der Waals surface area contributed by atoms with Crippen molar-refractivity contribution in [1.82, 2.24) is 0 Å². The highest BCUT2D eigenvalue weighted by Gasteiger charge is 2.31. The Morgan fingerprint density at radius 2 is 1.85 bits per heavy atom. The summed E-state index contributed by atoms with van der Waals surface area (Å²) in [6, 6.07) is 19.6. The van der Waals surface area contributed by atoms with Gasteiger partial charge in [-0.1, -0.05) is 36.4 Å². The van der Waals surface area contributed by atoms with Gasteiger partial charge in [-0.3, -0.25) is 4.79 Å². The van der Waals surface area contributed by atoms with Gasteiger partial charge in [0.1, 0.15) is 32.7 Å². The Morgan fingerprint density at radius 1 is 1.12 bits per heavy atom. The number of carbonyl (C=O) groups is 1. The average molecular weight is 350 g/mol. The van der Waals surface area contributed by atoms with E-state index < -0.39 is 0 Å². The van der Waals surface area contributed by atoms with Crippen molar-refractivity contribution in [1.29, 1.82) is 5.26 Å². The number of piperazine rings is 1. The second-order valence-corrected chi connectivity index (χ2v) is 6.97. The number of anilines is 1. The van der Waals surface area contributed by atoms with Crippen LogP contribution in [0.1, 0.15) is 18.1 Å². The molecule has 0 bridgehead atoms. The van der Waals surface area contributed by atoms with Gasteiger partial charge in [-0.25, -0.2) is 0 Å². The number of nitrogens with zero attached hydrogens (tertiary/aromatic N) is 1. The highest BCUT2D eigenvalue weighted by Crippen LogP contribution is 2.09. The van der Waals surface area contributed by atoms with E-state index in [0.29, 0.717) is 11.3 Å². The molecule has 1 saturated heterocycles. The topological polar surface area (TPSA) is 61.8 Å². The van der Waals surface area contributed by atoms with E-state index in [4.69, 9.17) is 5.26 Å². The van der Waals surface area contributed by atoms with E-state index in [1.54, 1.807) is 23.1 Å². The van der Waals surface area contributed by atoms with Crippen molar-refractivity contribution in [3.8, 4) is 6.07 Å². The van der Waals surface area contributed by atoms with Crippen LogP contribution in [0.4, 0.5) is 5.69 Å². The predicted octanol–water partition coefficient (Wildman–Crippen LogP) is -0.131. The van der Waals surface area contributed by atoms with E-state index in [1.165, 1.54) is 10.5 Å². The third-order valence-corrected chi connectivity index (χ3v) is 5.16. The normalized spacial score (nSPS) is 20.8. The zero-order chi connectivity index (χ0) is 18.4. The van der Waals surface area contributed by atoms with Crippen LogP contribution in [0.25, 0.3) is 0 Å². The van der Waals surface area contributed by atoms with E-state index in [2.05, 4.69) is 35.7 Å². The second kappa shape index (κ2) is 8.61. The number of quaternary nitrogens is 2. The summed E-state index contributed by atoms with van der Waals surface area (Å²) in [5, 5.41) is 11.9. The molecule has 2 aromatic rings. The molecule has 2 aromatic carbocycles. The summed E-state index contributed by atoms with van der Waals surface area (Å²) in [5.41, 5.74) is 2.61. The largest absolute Gasteiger partial charge is 0.322 e. The lowest BCUT2D eigenvalue weighted by Crippen LogP contribution is -3.29. The summed E-state index contributed by atoms with van der Waals surface area (Å²) in [5.74, 6) is 0.0154. The van der Waals surface area contributed by atoms with Gasteiger partial charge in [0.2, 0.25) is 0 Å². The van der Waals surface area contributed by atoms with Crippen molar-refractivity contribution < 1.29 is 14.6 Å². The summed E-state index contributed by atoms with van der Waals surface area (Å²) < 4.78 is 0. The van der Waals surface area contributed by atoms with E-state index >= 15 is 0 Å². The molecule has 26 heavy (non-hydrogen) atoms. The van der Waals surface area contributed by atoms with Crippen LogP contribution in [0.15, 0.2) is 54.6 Å². The molecule has 1 heterocycles. The Kier molecular flexibility index (Phi) is 6.00. The second-order valence-electron chi connectivity index (χ2n) is 6.97. The van der Waals surface area contributed by atoms with Crippen LogP contribution in [0.2, 0.25) is 0 Å². The van der Waals surface area contributed by atoms with Crippen molar-refractivity contribution in [2.24, 2.45) is 0 Å². The fourth-order valence-corrected chi connectivity index (χ4v) is 3.52. The molecular formula is C21H26N4O+2. The summed E-state index contributed by atoms with van der Waals surface area (Å²) in [4.78, 5) is 15.5. The quantitative estimate of drug-likeness (QED) is 0.703. The summed E-state index contributed by atoms with van der Waals surface area (Å²) in [6.45, 7) is 7.18. The molecule has 134 valence electrons. The molecule has 0 aromatic heterocycles. The van der Waals surface area contributed by atoms with Crippen LogP contribution < -0.4 is 15.1 Å². The first-order valence-corrected chi connectivity index (χ1v) is 9.19. The van der Waals surface area contributed by atoms with Gasteiger partial charge in [0.05, 0.1) is 11.6 Å². The molecule has 0 radical (unpaired) electrons. The Hall–Kier alpha value is -2.68. The number of hydrogen-bond acceptors (Lipinski definition) is 2. The number of amides is 1. The smallest absolute Gasteiger partial charge is 0.282 e. The van der Waals surface area contributed by atoms with Gasteiger partial charge in [0.15, 0.2) is 6.04 Å². The molecule has 1 aliphatic rings. The summed E-state index contributed by atoms with van der Waals surface area (Å²) >= 11 is 0. The van der Waals surface area contributed by atoms with E-state index in [1.807, 2.05) is 19.1 Å². The lowest BCUT2D eigenvalue weighted by Gasteiger charge is -2.32. The predicted molar refractivity (Wildman–Crippen MR) is 101 cm³/mol. The minimum atomic E-state index is -0.0981. The van der Waals surface area contributed by atoms with Crippen molar-refractivity contribution in [2.45, 2.75) is 19.5 Å². The van der Waals surface area contributed by atoms with Crippen LogP contribution in [-0.2, 0) is 11.3 Å². The Labute approximate surface area is 154 Å². The first kappa shape index (κ1) is 18.1. The third kappa shape index (κ3) is 4.69. The molecule has 1 amide bonds. The molecule has 3 rings (SSSR count). The minimum absolute atomic E-state index is 0.0154. The van der Waals surface area contributed by atoms with Gasteiger partial charge in [-0.2, -0.15) is 5.26 Å². The van der Waals surface area contributed by atoms with Crippen molar-refractivity contribution >= 4 is 11.6 Å². The highest BCUT2D eigenvalue weighted by molar-refractivity contribution is 5.93. The van der Waals surface area contributed by atoms with E-state index in [0.717, 1.165) is 32.7 Å². The molecule has 0 unspecified atom stereocenters. The SMILES string of the molecule is C[C@@H](C(=O)Nc1cccc(C#N)c1)[NH+]1CC[NH+](Cc2ccccc2)CC1. The minimum Gasteiger partial charge on any atom is -0.322 e. The van der Waals surface area contributed by atoms with Crippen molar-refractivity contribution in [3.63, 3.8) is 0 Å². The fourth-order valence-electron chi connectivity index (χ4n) is 3.52. The number of rotatable bonds is 5. The maximum atomic E-state index is 12.6. The first-order valence-electron chi connectivity index (χ1n) is 9.19. The summed E-state index contributed by atoms with van der Waals surface area (Å²) in [7, 11) is 0. The Morgan fingerprint density at radius 3 is 2.54 bits per heavy atom. The molecule has 1 fully saturated rings. The van der Waals surface area contributed by atoms with Crippen LogP contribution in [0, 0.1) is 11.3 Å². The van der Waals surface area contributed by atoms with Gasteiger partial charge in [-0.15, -0.1) is 0 Å². The first-order chi connectivity index (χ1) is 12.7. The van der Waals surface area contributed by atoms with Crippen molar-refractivity contribution in [3.05, 3.63) is 65.7 Å². The van der Waals surface area contributed by atoms with Crippen LogP contribution in [-0.4, -0.2) is 38.1 Å². The zero-order valence-corrected chi connectivity index (χ0v) is 15.2. The van der Waals surface area contributed by atoms with Gasteiger partial charge in [0.25, 0.3) is 5.91 Å². The molecular weight excluding hydrogens is 324 g/mol. The third-order valence-electron chi connectivity index (χ3n) is 5.16. The molecule has 3 N–H and O–H groups in total. The lowest BCUT2D eigenvalue weighted by molar-refractivity contribution is -1.02. The summed E-state index contributed by atoms with van der Waals surface area (Å²) in [6.07, 6.45) is 0. The van der Waals surface area contributed by atoms with Gasteiger partial charge in [-0.05, 0) is 25.1 Å². The average Bonchev–Trinajstić information content (AvgIpc) is 2.69. The Bertz CT molecular complexity index is 776. The number of nitriles is 1. The molecule has 5 heteroatoms. The molecule has 0 aliphatic carbocycles. The maximum Gasteiger partial charge on any atom is 0.282 e. The number of hydrogen-bond donors (Lipinski definition) is 3. The Balaban J connectivity index is 1.50. The zero-order valence-electron chi connectivity index (χ0n) is 15.2. The molecule has 1 aliphatic heterocycles. The van der Waals surface area contributed by atoms with Gasteiger partial charge in [0, 0.05) is 11.3 Å². The molecule has 1 atom stereocenters. The van der Waals surface area contributed by atoms with Crippen LogP contribution >= 0.6 is 0 Å². The van der Waals surface area contributed by atoms with Gasteiger partial charge >= 0.3 is 0 Å². The highest BCUT2D eigenvalue weighted by atomic mass is 16.2. The maximum absolute atomic E-state index is 12.6. The molecule has 5 nitrogen and oxygen atoms in total. The van der Waals surface area contributed by atoms with Gasteiger partial charge < -0.3 is 15.1 Å². The monoisotopic (exact) mass is 350 g/mol. The molecule has 0 saturated carbocycles. The number of benzene rings is 2. The lowest BCUT2D eigenvalue weighted by atomic mass is 10.1. The van der Waals surface area contributed by atoms with Crippen molar-refractivity contribution in [2.75, 3.05) is 31.5 Å². The fraction of sp³-hybridized carbons (Fsp3) is 0.333.